The zero-order chi connectivity index (χ0) is 23.5. The van der Waals surface area contributed by atoms with E-state index >= 15 is 0 Å². The van der Waals surface area contributed by atoms with Crippen molar-refractivity contribution in [3.63, 3.8) is 0 Å². The maximum Gasteiger partial charge on any atom is 0.166 e. The van der Waals surface area contributed by atoms with Crippen molar-refractivity contribution < 1.29 is 9.90 Å². The van der Waals surface area contributed by atoms with E-state index < -0.39 is 0 Å². The van der Waals surface area contributed by atoms with Crippen LogP contribution in [0.1, 0.15) is 42.6 Å². The van der Waals surface area contributed by atoms with Gasteiger partial charge in [-0.1, -0.05) is 55.2 Å². The molecular formula is C27H24Cl2N2O2. The van der Waals surface area contributed by atoms with Crippen LogP contribution in [-0.4, -0.2) is 15.9 Å². The molecule has 168 valence electrons. The number of ketones is 1. The molecule has 1 heterocycles. The summed E-state index contributed by atoms with van der Waals surface area (Å²) in [4.78, 5) is 17.5. The van der Waals surface area contributed by atoms with Crippen LogP contribution < -0.4 is 5.32 Å². The maximum atomic E-state index is 12.9. The number of aromatic hydroxyl groups is 1. The zero-order valence-corrected chi connectivity index (χ0v) is 20.0. The molecule has 0 atom stereocenters. The van der Waals surface area contributed by atoms with Crippen LogP contribution in [0, 0.1) is 0 Å². The lowest BCUT2D eigenvalue weighted by molar-refractivity contribution is 0.0982. The molecule has 0 aliphatic rings. The second-order valence-corrected chi connectivity index (χ2v) is 8.73. The van der Waals surface area contributed by atoms with Gasteiger partial charge in [0.25, 0.3) is 0 Å². The number of Topliss-reactive ketones (excluding diaryl/α,β-unsaturated/α-hetero) is 1. The molecule has 0 bridgehead atoms. The Balaban J connectivity index is 1.89. The normalized spacial score (nSPS) is 11.0. The number of carbonyl (C=O) groups excluding carboxylic acids is 1. The van der Waals surface area contributed by atoms with Gasteiger partial charge in [-0.25, -0.2) is 0 Å². The largest absolute Gasteiger partial charge is 0.505 e. The number of nitrogens with zero attached hydrogens (tertiary/aromatic N) is 1. The van der Waals surface area contributed by atoms with Gasteiger partial charge in [-0.3, -0.25) is 9.78 Å². The summed E-state index contributed by atoms with van der Waals surface area (Å²) in [6.45, 7) is 4.10. The van der Waals surface area contributed by atoms with Crippen LogP contribution in [0.3, 0.4) is 0 Å². The molecule has 3 aromatic carbocycles. The number of hydrogen-bond acceptors (Lipinski definition) is 4. The summed E-state index contributed by atoms with van der Waals surface area (Å²) >= 11 is 12.3. The quantitative estimate of drug-likeness (QED) is 0.262. The fraction of sp³-hybridized carbons (Fsp3) is 0.185. The highest BCUT2D eigenvalue weighted by atomic mass is 35.5. The van der Waals surface area contributed by atoms with Crippen molar-refractivity contribution in [2.75, 3.05) is 5.32 Å². The van der Waals surface area contributed by atoms with Gasteiger partial charge in [-0.15, -0.1) is 0 Å². The first-order chi connectivity index (χ1) is 15.9. The number of aromatic nitrogens is 1. The van der Waals surface area contributed by atoms with Crippen molar-refractivity contribution in [3.05, 3.63) is 82.0 Å². The van der Waals surface area contributed by atoms with E-state index in [1.807, 2.05) is 37.3 Å². The molecule has 33 heavy (non-hydrogen) atoms. The number of carbonyl (C=O) groups is 1. The van der Waals surface area contributed by atoms with Crippen molar-refractivity contribution in [3.8, 4) is 16.9 Å². The van der Waals surface area contributed by atoms with E-state index in [4.69, 9.17) is 23.2 Å². The van der Waals surface area contributed by atoms with Crippen LogP contribution in [0.15, 0.2) is 60.8 Å². The standard InChI is InChI=1S/C27H24Cl2N2O2/c1-3-5-25(32)21-15-30-24-11-8-17(18-13-22(28)27(33)23(29)14-18)12-20(24)26(21)31-19-9-6-16(4-2)7-10-19/h6-15,33H,3-5H2,1-2H3,(H,30,31). The molecule has 4 nitrogen and oxygen atoms in total. The molecular weight excluding hydrogens is 455 g/mol. The zero-order valence-electron chi connectivity index (χ0n) is 18.5. The molecule has 0 amide bonds. The Hall–Kier alpha value is -3.08. The van der Waals surface area contributed by atoms with Crippen molar-refractivity contribution in [2.24, 2.45) is 0 Å². The first-order valence-electron chi connectivity index (χ1n) is 10.9. The Labute approximate surface area is 203 Å². The van der Waals surface area contributed by atoms with E-state index in [0.717, 1.165) is 46.2 Å². The van der Waals surface area contributed by atoms with E-state index in [0.29, 0.717) is 12.0 Å². The fourth-order valence-corrected chi connectivity index (χ4v) is 4.27. The highest BCUT2D eigenvalue weighted by Gasteiger charge is 2.17. The van der Waals surface area contributed by atoms with Crippen molar-refractivity contribution in [1.82, 2.24) is 4.98 Å². The molecule has 1 aromatic heterocycles. The molecule has 0 aliphatic heterocycles. The molecule has 0 saturated carbocycles. The summed E-state index contributed by atoms with van der Waals surface area (Å²) in [6.07, 6.45) is 3.81. The molecule has 2 N–H and O–H groups in total. The Kier molecular flexibility index (Phi) is 6.87. The van der Waals surface area contributed by atoms with Crippen molar-refractivity contribution in [1.29, 1.82) is 0 Å². The summed E-state index contributed by atoms with van der Waals surface area (Å²) in [5, 5.41) is 14.6. The number of pyridine rings is 1. The number of anilines is 2. The summed E-state index contributed by atoms with van der Waals surface area (Å²) in [5.74, 6) is -0.101. The van der Waals surface area contributed by atoms with Gasteiger partial charge in [0, 0.05) is 23.7 Å². The second kappa shape index (κ2) is 9.82. The Morgan fingerprint density at radius 1 is 0.970 bits per heavy atom. The molecule has 0 saturated heterocycles. The van der Waals surface area contributed by atoms with Crippen LogP contribution in [0.25, 0.3) is 22.0 Å². The van der Waals surface area contributed by atoms with Crippen LogP contribution >= 0.6 is 23.2 Å². The third kappa shape index (κ3) is 4.82. The minimum absolute atomic E-state index is 0.0423. The van der Waals surface area contributed by atoms with E-state index in [9.17, 15) is 9.90 Å². The number of benzene rings is 3. The Morgan fingerprint density at radius 3 is 2.30 bits per heavy atom. The lowest BCUT2D eigenvalue weighted by Gasteiger charge is -2.16. The summed E-state index contributed by atoms with van der Waals surface area (Å²) < 4.78 is 0. The molecule has 4 rings (SSSR count). The molecule has 0 unspecified atom stereocenters. The third-order valence-corrected chi connectivity index (χ3v) is 6.20. The molecule has 0 spiro atoms. The molecule has 6 heteroatoms. The van der Waals surface area contributed by atoms with Gasteiger partial charge < -0.3 is 10.4 Å². The van der Waals surface area contributed by atoms with Gasteiger partial charge in [0.2, 0.25) is 0 Å². The minimum atomic E-state index is -0.144. The average Bonchev–Trinajstić information content (AvgIpc) is 2.82. The van der Waals surface area contributed by atoms with Gasteiger partial charge in [-0.2, -0.15) is 0 Å². The van der Waals surface area contributed by atoms with Gasteiger partial charge in [-0.05, 0) is 65.9 Å². The third-order valence-electron chi connectivity index (χ3n) is 5.63. The number of halogens is 2. The van der Waals surface area contributed by atoms with Crippen LogP contribution in [0.5, 0.6) is 5.75 Å². The van der Waals surface area contributed by atoms with Crippen LogP contribution in [0.4, 0.5) is 11.4 Å². The van der Waals surface area contributed by atoms with E-state index in [1.54, 1.807) is 18.3 Å². The lowest BCUT2D eigenvalue weighted by atomic mass is 9.98. The second-order valence-electron chi connectivity index (χ2n) is 7.92. The highest BCUT2D eigenvalue weighted by molar-refractivity contribution is 6.37. The first kappa shape index (κ1) is 23.1. The molecule has 4 aromatic rings. The number of aryl methyl sites for hydroxylation is 1. The minimum Gasteiger partial charge on any atom is -0.505 e. The number of hydrogen-bond donors (Lipinski definition) is 2. The monoisotopic (exact) mass is 478 g/mol. The van der Waals surface area contributed by atoms with E-state index in [2.05, 4.69) is 29.4 Å². The number of phenols is 1. The van der Waals surface area contributed by atoms with Crippen molar-refractivity contribution in [2.45, 2.75) is 33.1 Å². The van der Waals surface area contributed by atoms with E-state index in [-0.39, 0.29) is 21.6 Å². The number of fused-ring (bicyclic) bond motifs is 1. The highest BCUT2D eigenvalue weighted by Crippen LogP contribution is 2.38. The smallest absolute Gasteiger partial charge is 0.166 e. The fourth-order valence-electron chi connectivity index (χ4n) is 3.78. The van der Waals surface area contributed by atoms with Gasteiger partial charge >= 0.3 is 0 Å². The maximum absolute atomic E-state index is 12.9. The first-order valence-corrected chi connectivity index (χ1v) is 11.7. The molecule has 0 fully saturated rings. The van der Waals surface area contributed by atoms with Crippen LogP contribution in [0.2, 0.25) is 10.0 Å². The number of phenolic OH excluding ortho intramolecular Hbond substituents is 1. The van der Waals surface area contributed by atoms with Gasteiger partial charge in [0.15, 0.2) is 11.5 Å². The Morgan fingerprint density at radius 2 is 1.67 bits per heavy atom. The average molecular weight is 479 g/mol. The van der Waals surface area contributed by atoms with Gasteiger partial charge in [0.05, 0.1) is 26.8 Å². The molecule has 0 radical (unpaired) electrons. The molecule has 0 aliphatic carbocycles. The summed E-state index contributed by atoms with van der Waals surface area (Å²) in [6, 6.07) is 17.3. The predicted molar refractivity (Wildman–Crippen MR) is 137 cm³/mol. The summed E-state index contributed by atoms with van der Waals surface area (Å²) in [7, 11) is 0. The number of nitrogens with one attached hydrogen (secondary N) is 1. The summed E-state index contributed by atoms with van der Waals surface area (Å²) in [5.41, 5.74) is 5.78. The number of rotatable bonds is 7. The van der Waals surface area contributed by atoms with E-state index in [1.165, 1.54) is 5.56 Å². The van der Waals surface area contributed by atoms with Gasteiger partial charge in [0.1, 0.15) is 0 Å². The van der Waals surface area contributed by atoms with Crippen molar-refractivity contribution >= 4 is 51.3 Å². The van der Waals surface area contributed by atoms with Crippen LogP contribution in [-0.2, 0) is 6.42 Å². The predicted octanol–water partition coefficient (Wildman–Crippen LogP) is 8.20. The topological polar surface area (TPSA) is 62.2 Å². The Bertz CT molecular complexity index is 1310. The lowest BCUT2D eigenvalue weighted by Crippen LogP contribution is -2.06. The SMILES string of the molecule is CCCC(=O)c1cnc2ccc(-c3cc(Cl)c(O)c(Cl)c3)cc2c1Nc1ccc(CC)cc1.